The predicted octanol–water partition coefficient (Wildman–Crippen LogP) is 5.61. The van der Waals surface area contributed by atoms with Gasteiger partial charge in [-0.15, -0.1) is 0 Å². The van der Waals surface area contributed by atoms with Gasteiger partial charge in [0.05, 0.1) is 12.2 Å². The van der Waals surface area contributed by atoms with Crippen LogP contribution in [0.2, 0.25) is 0 Å². The standard InChI is InChI=1S/C25H25FN4O3S/c1-3-5-6-22-29-30-23(27)19(24(31)28-25(30)34-22)13-17-9-12-20(21(14-17)32-4-2)33-15-16-7-10-18(26)11-8-16/h7-14,27H,3-6,15H2,1-2H3/b19-13-,27-23?. The number of amidine groups is 2. The van der Waals surface area contributed by atoms with E-state index in [-0.39, 0.29) is 23.8 Å². The Labute approximate surface area is 201 Å². The van der Waals surface area contributed by atoms with E-state index in [1.807, 2.05) is 6.92 Å². The van der Waals surface area contributed by atoms with Crippen LogP contribution in [-0.4, -0.2) is 33.6 Å². The smallest absolute Gasteiger partial charge is 0.283 e. The zero-order chi connectivity index (χ0) is 24.1. The number of hydrazone groups is 1. The van der Waals surface area contributed by atoms with E-state index in [1.165, 1.54) is 28.9 Å². The molecule has 2 aliphatic heterocycles. The minimum atomic E-state index is -0.467. The van der Waals surface area contributed by atoms with Crippen LogP contribution < -0.4 is 9.47 Å². The van der Waals surface area contributed by atoms with Gasteiger partial charge in [-0.25, -0.2) is 4.39 Å². The van der Waals surface area contributed by atoms with Crippen molar-refractivity contribution < 1.29 is 18.7 Å². The number of amides is 1. The Hall–Kier alpha value is -3.46. The topological polar surface area (TPSA) is 87.3 Å². The molecule has 2 heterocycles. The maximum Gasteiger partial charge on any atom is 0.283 e. The number of halogens is 1. The van der Waals surface area contributed by atoms with Crippen LogP contribution in [0, 0.1) is 11.2 Å². The molecule has 9 heteroatoms. The Morgan fingerprint density at radius 3 is 2.65 bits per heavy atom. The summed E-state index contributed by atoms with van der Waals surface area (Å²) >= 11 is 1.35. The van der Waals surface area contributed by atoms with Crippen LogP contribution in [0.1, 0.15) is 44.2 Å². The predicted molar refractivity (Wildman–Crippen MR) is 133 cm³/mol. The molecule has 0 aliphatic carbocycles. The molecule has 0 unspecified atom stereocenters. The van der Waals surface area contributed by atoms with E-state index >= 15 is 0 Å². The number of hydrogen-bond donors (Lipinski definition) is 1. The van der Waals surface area contributed by atoms with E-state index in [0.29, 0.717) is 28.8 Å². The van der Waals surface area contributed by atoms with E-state index in [1.54, 1.807) is 36.4 Å². The number of carbonyl (C=O) groups excluding carboxylic acids is 1. The Bertz CT molecular complexity index is 1190. The van der Waals surface area contributed by atoms with Gasteiger partial charge in [-0.3, -0.25) is 10.2 Å². The van der Waals surface area contributed by atoms with Crippen molar-refractivity contribution in [2.24, 2.45) is 10.1 Å². The maximum atomic E-state index is 13.1. The van der Waals surface area contributed by atoms with Crippen LogP contribution in [0.15, 0.2) is 58.1 Å². The van der Waals surface area contributed by atoms with E-state index in [0.717, 1.165) is 29.9 Å². The average molecular weight is 481 g/mol. The summed E-state index contributed by atoms with van der Waals surface area (Å²) in [5.74, 6) is 0.272. The number of nitrogens with zero attached hydrogens (tertiary/aromatic N) is 3. The second-order valence-corrected chi connectivity index (χ2v) is 8.71. The summed E-state index contributed by atoms with van der Waals surface area (Å²) in [7, 11) is 0. The summed E-state index contributed by atoms with van der Waals surface area (Å²) in [6.45, 7) is 4.65. The molecule has 0 radical (unpaired) electrons. The molecule has 0 bridgehead atoms. The van der Waals surface area contributed by atoms with E-state index in [4.69, 9.17) is 14.9 Å². The number of rotatable bonds is 9. The van der Waals surface area contributed by atoms with Crippen molar-refractivity contribution in [2.75, 3.05) is 6.61 Å². The molecule has 1 N–H and O–H groups in total. The maximum absolute atomic E-state index is 13.1. The van der Waals surface area contributed by atoms with Crippen molar-refractivity contribution in [1.82, 2.24) is 5.01 Å². The molecule has 4 rings (SSSR count). The number of thioether (sulfide) groups is 1. The van der Waals surface area contributed by atoms with Crippen molar-refractivity contribution in [3.05, 3.63) is 65.0 Å². The molecule has 0 fully saturated rings. The molecule has 0 aromatic heterocycles. The van der Waals surface area contributed by atoms with Crippen molar-refractivity contribution >= 4 is 39.8 Å². The molecular formula is C25H25FN4O3S. The molecular weight excluding hydrogens is 455 g/mol. The Kier molecular flexibility index (Phi) is 7.42. The first-order chi connectivity index (χ1) is 16.5. The van der Waals surface area contributed by atoms with Gasteiger partial charge >= 0.3 is 0 Å². The summed E-state index contributed by atoms with van der Waals surface area (Å²) in [6.07, 6.45) is 4.45. The molecule has 7 nitrogen and oxygen atoms in total. The molecule has 176 valence electrons. The summed E-state index contributed by atoms with van der Waals surface area (Å²) in [5, 5.41) is 15.7. The third-order valence-electron chi connectivity index (χ3n) is 5.13. The summed E-state index contributed by atoms with van der Waals surface area (Å²) in [6, 6.07) is 11.4. The van der Waals surface area contributed by atoms with Crippen molar-refractivity contribution in [3.63, 3.8) is 0 Å². The highest BCUT2D eigenvalue weighted by molar-refractivity contribution is 8.26. The first-order valence-corrected chi connectivity index (χ1v) is 11.9. The molecule has 1 amide bonds. The van der Waals surface area contributed by atoms with E-state index in [2.05, 4.69) is 17.0 Å². The Balaban J connectivity index is 1.54. The lowest BCUT2D eigenvalue weighted by atomic mass is 10.1. The lowest BCUT2D eigenvalue weighted by Gasteiger charge is -2.20. The summed E-state index contributed by atoms with van der Waals surface area (Å²) in [4.78, 5) is 16.8. The lowest BCUT2D eigenvalue weighted by Crippen LogP contribution is -2.35. The molecule has 2 aromatic carbocycles. The highest BCUT2D eigenvalue weighted by Crippen LogP contribution is 2.33. The van der Waals surface area contributed by atoms with Crippen LogP contribution in [0.4, 0.5) is 4.39 Å². The third-order valence-corrected chi connectivity index (χ3v) is 6.09. The minimum Gasteiger partial charge on any atom is -0.490 e. The van der Waals surface area contributed by atoms with Crippen LogP contribution >= 0.6 is 11.8 Å². The van der Waals surface area contributed by atoms with Crippen molar-refractivity contribution in [2.45, 2.75) is 39.7 Å². The fraction of sp³-hybridized carbons (Fsp3) is 0.280. The third kappa shape index (κ3) is 5.36. The summed E-state index contributed by atoms with van der Waals surface area (Å²) in [5.41, 5.74) is 1.66. The number of fused-ring (bicyclic) bond motifs is 1. The first-order valence-electron chi connectivity index (χ1n) is 11.1. The van der Waals surface area contributed by atoms with E-state index < -0.39 is 5.91 Å². The van der Waals surface area contributed by atoms with Gasteiger partial charge in [-0.1, -0.05) is 31.5 Å². The molecule has 0 spiro atoms. The molecule has 2 aromatic rings. The largest absolute Gasteiger partial charge is 0.490 e. The number of nitrogens with one attached hydrogen (secondary N) is 1. The molecule has 0 saturated heterocycles. The van der Waals surface area contributed by atoms with Gasteiger partial charge in [-0.05, 0) is 73.0 Å². The lowest BCUT2D eigenvalue weighted by molar-refractivity contribution is -0.114. The van der Waals surface area contributed by atoms with Crippen LogP contribution in [0.25, 0.3) is 6.08 Å². The highest BCUT2D eigenvalue weighted by atomic mass is 32.2. The van der Waals surface area contributed by atoms with Gasteiger partial charge < -0.3 is 9.47 Å². The first kappa shape index (κ1) is 23.7. The number of aliphatic imine (C=N–C) groups is 1. The van der Waals surface area contributed by atoms with Gasteiger partial charge in [0.25, 0.3) is 5.91 Å². The van der Waals surface area contributed by atoms with Gasteiger partial charge in [-0.2, -0.15) is 15.1 Å². The average Bonchev–Trinajstić information content (AvgIpc) is 3.24. The van der Waals surface area contributed by atoms with Gasteiger partial charge in [0.15, 0.2) is 17.3 Å². The SMILES string of the molecule is CCCCC1=NN2C(=N)/C(=C/c3ccc(OCc4ccc(F)cc4)c(OCC)c3)C(=O)N=C2S1. The van der Waals surface area contributed by atoms with Crippen LogP contribution in [-0.2, 0) is 11.4 Å². The number of carbonyl (C=O) groups is 1. The fourth-order valence-electron chi connectivity index (χ4n) is 3.37. The highest BCUT2D eigenvalue weighted by Gasteiger charge is 2.35. The van der Waals surface area contributed by atoms with Crippen LogP contribution in [0.5, 0.6) is 11.5 Å². The normalized spacial score (nSPS) is 16.4. The minimum absolute atomic E-state index is 0.00333. The second-order valence-electron chi connectivity index (χ2n) is 7.67. The van der Waals surface area contributed by atoms with Gasteiger partial charge in [0, 0.05) is 0 Å². The quantitative estimate of drug-likeness (QED) is 0.471. The second kappa shape index (κ2) is 10.6. The fourth-order valence-corrected chi connectivity index (χ4v) is 4.30. The Morgan fingerprint density at radius 1 is 1.12 bits per heavy atom. The zero-order valence-electron chi connectivity index (χ0n) is 19.0. The van der Waals surface area contributed by atoms with Gasteiger partial charge in [0.2, 0.25) is 5.17 Å². The zero-order valence-corrected chi connectivity index (χ0v) is 19.8. The number of unbranched alkanes of at least 4 members (excludes halogenated alkanes) is 1. The molecule has 2 aliphatic rings. The number of ether oxygens (including phenoxy) is 2. The molecule has 0 atom stereocenters. The van der Waals surface area contributed by atoms with Crippen LogP contribution in [0.3, 0.4) is 0 Å². The molecule has 0 saturated carbocycles. The Morgan fingerprint density at radius 2 is 1.91 bits per heavy atom. The number of benzene rings is 2. The van der Waals surface area contributed by atoms with Crippen molar-refractivity contribution in [1.29, 1.82) is 5.41 Å². The van der Waals surface area contributed by atoms with Crippen molar-refractivity contribution in [3.8, 4) is 11.5 Å². The molecule has 34 heavy (non-hydrogen) atoms. The number of hydrogen-bond acceptors (Lipinski definition) is 6. The summed E-state index contributed by atoms with van der Waals surface area (Å²) < 4.78 is 24.7. The monoisotopic (exact) mass is 480 g/mol. The van der Waals surface area contributed by atoms with Gasteiger partial charge in [0.1, 0.15) is 17.5 Å². The van der Waals surface area contributed by atoms with E-state index in [9.17, 15) is 9.18 Å².